The Morgan fingerprint density at radius 2 is 1.82 bits per heavy atom. The Morgan fingerprint density at radius 3 is 2.41 bits per heavy atom. The van der Waals surface area contributed by atoms with Gasteiger partial charge in [0.1, 0.15) is 0 Å². The lowest BCUT2D eigenvalue weighted by Gasteiger charge is -2.34. The van der Waals surface area contributed by atoms with Crippen LogP contribution in [0.2, 0.25) is 0 Å². The van der Waals surface area contributed by atoms with E-state index in [0.717, 1.165) is 23.6 Å². The first-order chi connectivity index (χ1) is 8.08. The van der Waals surface area contributed by atoms with E-state index in [9.17, 15) is 0 Å². The molecule has 1 fully saturated rings. The highest BCUT2D eigenvalue weighted by Gasteiger charge is 2.21. The maximum Gasteiger partial charge on any atom is 0.0149 e. The first-order valence-corrected chi connectivity index (χ1v) is 7.75. The number of nitrogens with one attached hydrogen (secondary N) is 1. The molecule has 0 saturated carbocycles. The summed E-state index contributed by atoms with van der Waals surface area (Å²) >= 11 is 2.13. The number of hydrogen-bond acceptors (Lipinski definition) is 4. The van der Waals surface area contributed by atoms with Crippen LogP contribution in [0.5, 0.6) is 0 Å². The first kappa shape index (κ1) is 15.3. The van der Waals surface area contributed by atoms with Crippen LogP contribution in [0.15, 0.2) is 0 Å². The fourth-order valence-electron chi connectivity index (χ4n) is 2.35. The van der Waals surface area contributed by atoms with Crippen molar-refractivity contribution in [2.45, 2.75) is 30.8 Å². The maximum absolute atomic E-state index is 3.54. The van der Waals surface area contributed by atoms with Gasteiger partial charge in [0.2, 0.25) is 0 Å². The van der Waals surface area contributed by atoms with Gasteiger partial charge in [-0.05, 0) is 33.6 Å². The molecule has 4 heteroatoms. The van der Waals surface area contributed by atoms with Gasteiger partial charge in [0.05, 0.1) is 0 Å². The highest BCUT2D eigenvalue weighted by Crippen LogP contribution is 2.24. The van der Waals surface area contributed by atoms with Crippen molar-refractivity contribution in [1.82, 2.24) is 15.1 Å². The molecule has 0 spiro atoms. The maximum atomic E-state index is 3.54. The summed E-state index contributed by atoms with van der Waals surface area (Å²) in [6.07, 6.45) is 1.25. The Hall–Kier alpha value is 0.230. The normalized spacial score (nSPS) is 26.6. The van der Waals surface area contributed by atoms with Crippen molar-refractivity contribution in [1.29, 1.82) is 0 Å². The van der Waals surface area contributed by atoms with Gasteiger partial charge in [-0.1, -0.05) is 13.8 Å². The van der Waals surface area contributed by atoms with Gasteiger partial charge in [0, 0.05) is 36.7 Å². The molecule has 1 saturated heterocycles. The zero-order valence-electron chi connectivity index (χ0n) is 11.9. The third kappa shape index (κ3) is 7.29. The average molecular weight is 259 g/mol. The molecule has 1 heterocycles. The van der Waals surface area contributed by atoms with Crippen molar-refractivity contribution < 1.29 is 0 Å². The van der Waals surface area contributed by atoms with Gasteiger partial charge < -0.3 is 10.2 Å². The molecular formula is C13H29N3S. The summed E-state index contributed by atoms with van der Waals surface area (Å²) in [5.41, 5.74) is 0. The highest BCUT2D eigenvalue weighted by atomic mass is 32.2. The molecule has 0 aromatic carbocycles. The van der Waals surface area contributed by atoms with Crippen LogP contribution in [0, 0.1) is 0 Å². The first-order valence-electron chi connectivity index (χ1n) is 6.81. The Labute approximate surface area is 111 Å². The fraction of sp³-hybridized carbons (Fsp3) is 1.00. The van der Waals surface area contributed by atoms with Crippen molar-refractivity contribution in [3.63, 3.8) is 0 Å². The van der Waals surface area contributed by atoms with Gasteiger partial charge in [-0.15, -0.1) is 0 Å². The van der Waals surface area contributed by atoms with E-state index in [1.54, 1.807) is 0 Å². The summed E-state index contributed by atoms with van der Waals surface area (Å²) in [7, 11) is 4.27. The Kier molecular flexibility index (Phi) is 7.51. The van der Waals surface area contributed by atoms with E-state index in [1.807, 2.05) is 0 Å². The zero-order chi connectivity index (χ0) is 12.7. The van der Waals surface area contributed by atoms with Crippen molar-refractivity contribution in [3.05, 3.63) is 0 Å². The van der Waals surface area contributed by atoms with Gasteiger partial charge in [0.15, 0.2) is 0 Å². The molecule has 0 aromatic rings. The van der Waals surface area contributed by atoms with Crippen LogP contribution < -0.4 is 5.32 Å². The third-order valence-corrected chi connectivity index (χ3v) is 4.29. The van der Waals surface area contributed by atoms with Crippen LogP contribution in [0.1, 0.15) is 20.3 Å². The summed E-state index contributed by atoms with van der Waals surface area (Å²) in [5.74, 6) is 0. The molecule has 1 rings (SSSR count). The molecule has 0 aromatic heterocycles. The predicted molar refractivity (Wildman–Crippen MR) is 79.0 cm³/mol. The molecule has 3 nitrogen and oxygen atoms in total. The minimum absolute atomic E-state index is 0.799. The molecule has 102 valence electrons. The average Bonchev–Trinajstić information content (AvgIpc) is 2.21. The number of thioether (sulfide) groups is 1. The molecule has 1 aliphatic heterocycles. The lowest BCUT2D eigenvalue weighted by molar-refractivity contribution is 0.269. The number of nitrogens with zero attached hydrogens (tertiary/aromatic N) is 2. The van der Waals surface area contributed by atoms with Crippen LogP contribution in [0.4, 0.5) is 0 Å². The minimum atomic E-state index is 0.799. The Balaban J connectivity index is 1.98. The van der Waals surface area contributed by atoms with Gasteiger partial charge in [-0.25, -0.2) is 0 Å². The highest BCUT2D eigenvalue weighted by molar-refractivity contribution is 8.00. The van der Waals surface area contributed by atoms with Crippen LogP contribution >= 0.6 is 11.8 Å². The Morgan fingerprint density at radius 1 is 1.18 bits per heavy atom. The van der Waals surface area contributed by atoms with E-state index in [4.69, 9.17) is 0 Å². The molecule has 2 unspecified atom stereocenters. The standard InChI is InChI=1S/C13H29N3S/c1-12-10-16(11-13(2)17-12)9-7-14-6-5-8-15(3)4/h12-14H,5-11H2,1-4H3. The van der Waals surface area contributed by atoms with Crippen LogP contribution in [0.3, 0.4) is 0 Å². The van der Waals surface area contributed by atoms with E-state index in [1.165, 1.54) is 32.6 Å². The number of rotatable bonds is 7. The van der Waals surface area contributed by atoms with Gasteiger partial charge in [-0.2, -0.15) is 11.8 Å². The minimum Gasteiger partial charge on any atom is -0.315 e. The molecule has 2 atom stereocenters. The molecule has 17 heavy (non-hydrogen) atoms. The molecule has 1 aliphatic rings. The number of hydrogen-bond donors (Lipinski definition) is 1. The van der Waals surface area contributed by atoms with Crippen LogP contribution in [-0.4, -0.2) is 73.7 Å². The zero-order valence-corrected chi connectivity index (χ0v) is 12.7. The summed E-state index contributed by atoms with van der Waals surface area (Å²) in [6.45, 7) is 11.9. The second-order valence-electron chi connectivity index (χ2n) is 5.42. The van der Waals surface area contributed by atoms with Crippen molar-refractivity contribution in [2.24, 2.45) is 0 Å². The van der Waals surface area contributed by atoms with Crippen LogP contribution in [0.25, 0.3) is 0 Å². The molecule has 0 radical (unpaired) electrons. The molecular weight excluding hydrogens is 230 g/mol. The van der Waals surface area contributed by atoms with Crippen LogP contribution in [-0.2, 0) is 0 Å². The quantitative estimate of drug-likeness (QED) is 0.696. The fourth-order valence-corrected chi connectivity index (χ4v) is 3.74. The van der Waals surface area contributed by atoms with Crippen molar-refractivity contribution in [2.75, 3.05) is 53.4 Å². The molecule has 0 bridgehead atoms. The molecule has 0 amide bonds. The summed E-state index contributed by atoms with van der Waals surface area (Å²) in [6, 6.07) is 0. The van der Waals surface area contributed by atoms with E-state index in [0.29, 0.717) is 0 Å². The second kappa shape index (κ2) is 8.35. The molecule has 0 aliphatic carbocycles. The van der Waals surface area contributed by atoms with E-state index in [-0.39, 0.29) is 0 Å². The Bertz CT molecular complexity index is 189. The second-order valence-corrected chi connectivity index (χ2v) is 7.31. The lowest BCUT2D eigenvalue weighted by atomic mass is 10.3. The topological polar surface area (TPSA) is 18.5 Å². The lowest BCUT2D eigenvalue weighted by Crippen LogP contribution is -2.43. The largest absolute Gasteiger partial charge is 0.315 e. The monoisotopic (exact) mass is 259 g/mol. The van der Waals surface area contributed by atoms with Gasteiger partial charge in [-0.3, -0.25) is 4.90 Å². The predicted octanol–water partition coefficient (Wildman–Crippen LogP) is 1.35. The van der Waals surface area contributed by atoms with E-state index >= 15 is 0 Å². The summed E-state index contributed by atoms with van der Waals surface area (Å²) in [5, 5.41) is 5.14. The third-order valence-electron chi connectivity index (χ3n) is 3.06. The van der Waals surface area contributed by atoms with Gasteiger partial charge in [0.25, 0.3) is 0 Å². The molecule has 1 N–H and O–H groups in total. The smallest absolute Gasteiger partial charge is 0.0149 e. The van der Waals surface area contributed by atoms with Crippen molar-refractivity contribution >= 4 is 11.8 Å². The summed E-state index contributed by atoms with van der Waals surface area (Å²) in [4.78, 5) is 4.84. The SMILES string of the molecule is CC1CN(CCNCCCN(C)C)CC(C)S1. The van der Waals surface area contributed by atoms with E-state index < -0.39 is 0 Å². The van der Waals surface area contributed by atoms with Crippen molar-refractivity contribution in [3.8, 4) is 0 Å². The van der Waals surface area contributed by atoms with Gasteiger partial charge >= 0.3 is 0 Å². The summed E-state index contributed by atoms with van der Waals surface area (Å²) < 4.78 is 0. The van der Waals surface area contributed by atoms with E-state index in [2.05, 4.69) is 54.8 Å².